The first-order valence-corrected chi connectivity index (χ1v) is 11.1. The molecule has 6 heteroatoms. The van der Waals surface area contributed by atoms with Crippen LogP contribution < -0.4 is 5.32 Å². The predicted molar refractivity (Wildman–Crippen MR) is 126 cm³/mol. The number of halogens is 1. The van der Waals surface area contributed by atoms with Gasteiger partial charge in [0.2, 0.25) is 0 Å². The number of methoxy groups -OCH3 is 1. The van der Waals surface area contributed by atoms with E-state index in [0.29, 0.717) is 17.0 Å². The van der Waals surface area contributed by atoms with Crippen molar-refractivity contribution in [1.82, 2.24) is 9.80 Å². The number of likely N-dealkylation sites (N-methyl/N-ethyl adjacent to an activating group) is 1. The summed E-state index contributed by atoms with van der Waals surface area (Å²) in [6, 6.07) is 13.0. The monoisotopic (exact) mass is 426 g/mol. The molecule has 0 aromatic heterocycles. The van der Waals surface area contributed by atoms with Gasteiger partial charge in [0.15, 0.2) is 0 Å². The number of ether oxygens (including phenoxy) is 1. The van der Waals surface area contributed by atoms with Crippen LogP contribution in [0, 0.1) is 0 Å². The van der Waals surface area contributed by atoms with Gasteiger partial charge >= 0.3 is 0 Å². The van der Waals surface area contributed by atoms with Crippen molar-refractivity contribution >= 4 is 34.5 Å². The zero-order valence-electron chi connectivity index (χ0n) is 18.3. The van der Waals surface area contributed by atoms with Gasteiger partial charge in [-0.15, -0.1) is 0 Å². The molecule has 1 atom stereocenters. The Bertz CT molecular complexity index is 943. The second-order valence-corrected chi connectivity index (χ2v) is 8.98. The lowest BCUT2D eigenvalue weighted by Gasteiger charge is -2.41. The van der Waals surface area contributed by atoms with Gasteiger partial charge in [0.1, 0.15) is 5.84 Å². The van der Waals surface area contributed by atoms with Gasteiger partial charge in [-0.3, -0.25) is 4.90 Å². The highest BCUT2D eigenvalue weighted by Gasteiger charge is 2.29. The fourth-order valence-corrected chi connectivity index (χ4v) is 4.35. The third kappa shape index (κ3) is 4.34. The zero-order chi connectivity index (χ0) is 21.3. The topological polar surface area (TPSA) is 40.1 Å². The maximum absolute atomic E-state index is 6.31. The third-order valence-electron chi connectivity index (χ3n) is 6.14. The number of anilines is 2. The van der Waals surface area contributed by atoms with Crippen molar-refractivity contribution in [2.75, 3.05) is 45.7 Å². The van der Waals surface area contributed by atoms with Crippen molar-refractivity contribution in [1.29, 1.82) is 0 Å². The summed E-state index contributed by atoms with van der Waals surface area (Å²) in [7, 11) is 3.97. The molecule has 1 N–H and O–H groups in total. The average Bonchev–Trinajstić information content (AvgIpc) is 2.89. The van der Waals surface area contributed by atoms with Crippen LogP contribution in [-0.4, -0.2) is 62.1 Å². The van der Waals surface area contributed by atoms with Gasteiger partial charge in [-0.2, -0.15) is 0 Å². The summed E-state index contributed by atoms with van der Waals surface area (Å²) in [6.45, 7) is 8.10. The van der Waals surface area contributed by atoms with Gasteiger partial charge in [-0.1, -0.05) is 31.5 Å². The molecule has 2 aromatic rings. The van der Waals surface area contributed by atoms with E-state index in [1.54, 1.807) is 7.11 Å². The van der Waals surface area contributed by atoms with E-state index in [1.807, 2.05) is 18.2 Å². The summed E-state index contributed by atoms with van der Waals surface area (Å²) in [5.74, 6) is 1.48. The van der Waals surface area contributed by atoms with E-state index < -0.39 is 0 Å². The molecule has 0 amide bonds. The lowest BCUT2D eigenvalue weighted by molar-refractivity contribution is 0.100. The van der Waals surface area contributed by atoms with E-state index in [9.17, 15) is 0 Å². The zero-order valence-corrected chi connectivity index (χ0v) is 19.0. The number of benzene rings is 2. The normalized spacial score (nSPS) is 19.1. The highest BCUT2D eigenvalue weighted by molar-refractivity contribution is 6.31. The van der Waals surface area contributed by atoms with E-state index in [1.165, 1.54) is 5.56 Å². The first-order valence-electron chi connectivity index (χ1n) is 10.7. The van der Waals surface area contributed by atoms with E-state index in [0.717, 1.165) is 61.1 Å². The van der Waals surface area contributed by atoms with Crippen molar-refractivity contribution in [3.8, 4) is 0 Å². The minimum absolute atomic E-state index is 0.438. The first kappa shape index (κ1) is 21.2. The summed E-state index contributed by atoms with van der Waals surface area (Å²) in [6.07, 6.45) is 1.01. The molecule has 1 fully saturated rings. The van der Waals surface area contributed by atoms with Crippen LogP contribution in [-0.2, 0) is 4.74 Å². The predicted octanol–water partition coefficient (Wildman–Crippen LogP) is 5.25. The molecule has 2 heterocycles. The van der Waals surface area contributed by atoms with Crippen LogP contribution in [0.25, 0.3) is 0 Å². The van der Waals surface area contributed by atoms with Crippen LogP contribution in [0.2, 0.25) is 5.02 Å². The van der Waals surface area contributed by atoms with Gasteiger partial charge in [-0.05, 0) is 55.3 Å². The van der Waals surface area contributed by atoms with Crippen LogP contribution >= 0.6 is 11.6 Å². The molecule has 0 bridgehead atoms. The van der Waals surface area contributed by atoms with Crippen molar-refractivity contribution in [3.63, 3.8) is 0 Å². The molecule has 30 heavy (non-hydrogen) atoms. The van der Waals surface area contributed by atoms with Gasteiger partial charge in [0.05, 0.1) is 11.4 Å². The molecular formula is C24H31ClN4O. The summed E-state index contributed by atoms with van der Waals surface area (Å²) in [4.78, 5) is 10.0. The summed E-state index contributed by atoms with van der Waals surface area (Å²) in [5, 5.41) is 4.29. The van der Waals surface area contributed by atoms with Crippen LogP contribution in [0.1, 0.15) is 37.3 Å². The molecule has 2 aliphatic rings. The van der Waals surface area contributed by atoms with Crippen molar-refractivity contribution in [2.45, 2.75) is 32.2 Å². The summed E-state index contributed by atoms with van der Waals surface area (Å²) in [5.41, 5.74) is 5.43. The molecule has 2 aliphatic heterocycles. The van der Waals surface area contributed by atoms with E-state index in [-0.39, 0.29) is 0 Å². The van der Waals surface area contributed by atoms with E-state index in [4.69, 9.17) is 21.3 Å². The lowest BCUT2D eigenvalue weighted by Crippen LogP contribution is -2.53. The van der Waals surface area contributed by atoms with Crippen molar-refractivity contribution in [2.24, 2.45) is 4.99 Å². The minimum atomic E-state index is 0.438. The number of nitrogens with one attached hydrogen (secondary N) is 1. The highest BCUT2D eigenvalue weighted by Crippen LogP contribution is 2.37. The molecule has 0 saturated carbocycles. The Hall–Kier alpha value is -2.08. The molecule has 160 valence electrons. The van der Waals surface area contributed by atoms with Gasteiger partial charge in [-0.25, -0.2) is 4.99 Å². The Labute approximate surface area is 184 Å². The van der Waals surface area contributed by atoms with Gasteiger partial charge in [0.25, 0.3) is 0 Å². The number of aliphatic imine (C=N–C) groups is 1. The summed E-state index contributed by atoms with van der Waals surface area (Å²) >= 11 is 6.31. The number of nitrogens with zero attached hydrogens (tertiary/aromatic N) is 3. The number of fused-ring (bicyclic) bond motifs is 2. The molecule has 0 spiro atoms. The number of hydrogen-bond donors (Lipinski definition) is 1. The number of amidine groups is 1. The standard InChI is InChI=1S/C24H31ClN4O/c1-16(2)17-5-7-21-20(13-17)24(27-23-14-18(25)6-8-22(23)26-21)29-11-10-28(3)19(15-29)9-12-30-4/h5-8,13-14,16,19,26H,9-12,15H2,1-4H3/t19-/m0/s1. The largest absolute Gasteiger partial charge is 0.385 e. The molecule has 1 saturated heterocycles. The molecule has 5 nitrogen and oxygen atoms in total. The minimum Gasteiger partial charge on any atom is -0.385 e. The molecule has 4 rings (SSSR count). The van der Waals surface area contributed by atoms with Gasteiger partial charge in [0, 0.05) is 55.7 Å². The lowest BCUT2D eigenvalue weighted by atomic mass is 9.98. The van der Waals surface area contributed by atoms with E-state index >= 15 is 0 Å². The summed E-state index contributed by atoms with van der Waals surface area (Å²) < 4.78 is 5.35. The third-order valence-corrected chi connectivity index (χ3v) is 6.37. The van der Waals surface area contributed by atoms with Crippen molar-refractivity contribution in [3.05, 3.63) is 52.5 Å². The number of piperazine rings is 1. The molecule has 0 radical (unpaired) electrons. The SMILES string of the molecule is COCC[C@H]1CN(C2=Nc3cc(Cl)ccc3Nc3ccc(C(C)C)cc32)CCN1C. The molecule has 0 aliphatic carbocycles. The first-order chi connectivity index (χ1) is 14.5. The fraction of sp³-hybridized carbons (Fsp3) is 0.458. The van der Waals surface area contributed by atoms with Gasteiger partial charge < -0.3 is 15.0 Å². The Morgan fingerprint density at radius 1 is 1.17 bits per heavy atom. The Kier molecular flexibility index (Phi) is 6.32. The van der Waals surface area contributed by atoms with Crippen LogP contribution in [0.3, 0.4) is 0 Å². The fourth-order valence-electron chi connectivity index (χ4n) is 4.18. The molecule has 2 aromatic carbocycles. The maximum Gasteiger partial charge on any atom is 0.138 e. The second kappa shape index (κ2) is 8.96. The Balaban J connectivity index is 1.78. The van der Waals surface area contributed by atoms with E-state index in [2.05, 4.69) is 54.2 Å². The van der Waals surface area contributed by atoms with Crippen LogP contribution in [0.15, 0.2) is 41.4 Å². The smallest absolute Gasteiger partial charge is 0.138 e. The number of rotatable bonds is 4. The Morgan fingerprint density at radius 2 is 1.97 bits per heavy atom. The second-order valence-electron chi connectivity index (χ2n) is 8.54. The molecule has 0 unspecified atom stereocenters. The van der Waals surface area contributed by atoms with Crippen molar-refractivity contribution < 1.29 is 4.74 Å². The van der Waals surface area contributed by atoms with Crippen LogP contribution in [0.5, 0.6) is 0 Å². The highest BCUT2D eigenvalue weighted by atomic mass is 35.5. The Morgan fingerprint density at radius 3 is 2.73 bits per heavy atom. The number of hydrogen-bond acceptors (Lipinski definition) is 5. The average molecular weight is 427 g/mol. The quantitative estimate of drug-likeness (QED) is 0.724. The molecular weight excluding hydrogens is 396 g/mol. The maximum atomic E-state index is 6.31. The van der Waals surface area contributed by atoms with Crippen LogP contribution in [0.4, 0.5) is 17.1 Å².